The van der Waals surface area contributed by atoms with Crippen LogP contribution in [0.1, 0.15) is 0 Å². The number of aromatic nitrogens is 2. The molecule has 26 heavy (non-hydrogen) atoms. The Kier molecular flexibility index (Phi) is 2.64. The molecule has 0 atom stereocenters. The minimum atomic E-state index is 1.03. The van der Waals surface area contributed by atoms with E-state index in [1.807, 2.05) is 18.5 Å². The second-order valence-corrected chi connectivity index (χ2v) is 6.71. The number of hydrogen-bond donors (Lipinski definition) is 0. The van der Waals surface area contributed by atoms with Crippen LogP contribution in [0, 0.1) is 0 Å². The predicted molar refractivity (Wildman–Crippen MR) is 110 cm³/mol. The van der Waals surface area contributed by atoms with E-state index >= 15 is 0 Å². The molecule has 2 heteroatoms. The number of pyridine rings is 2. The lowest BCUT2D eigenvalue weighted by Crippen LogP contribution is -1.87. The van der Waals surface area contributed by atoms with E-state index in [4.69, 9.17) is 0 Å². The first kappa shape index (κ1) is 13.7. The van der Waals surface area contributed by atoms with Crippen LogP contribution in [0.4, 0.5) is 0 Å². The van der Waals surface area contributed by atoms with Crippen LogP contribution in [0.25, 0.3) is 54.1 Å². The Morgan fingerprint density at radius 1 is 0.423 bits per heavy atom. The van der Waals surface area contributed by atoms with Crippen LogP contribution in [-0.2, 0) is 0 Å². The van der Waals surface area contributed by atoms with Crippen molar-refractivity contribution in [3.05, 3.63) is 85.2 Å². The number of fused-ring (bicyclic) bond motifs is 9. The Bertz CT molecular complexity index is 1370. The molecule has 6 rings (SSSR count). The summed E-state index contributed by atoms with van der Waals surface area (Å²) < 4.78 is 0. The molecule has 2 nitrogen and oxygen atoms in total. The van der Waals surface area contributed by atoms with Crippen LogP contribution in [0.15, 0.2) is 85.2 Å². The molecule has 120 valence electrons. The van der Waals surface area contributed by atoms with E-state index in [1.54, 1.807) is 0 Å². The van der Waals surface area contributed by atoms with Gasteiger partial charge in [-0.3, -0.25) is 9.97 Å². The molecule has 2 aromatic heterocycles. The van der Waals surface area contributed by atoms with Gasteiger partial charge in [0.05, 0.1) is 11.0 Å². The summed E-state index contributed by atoms with van der Waals surface area (Å²) in [6, 6.07) is 25.6. The van der Waals surface area contributed by atoms with E-state index in [2.05, 4.69) is 76.7 Å². The maximum Gasteiger partial charge on any atom is 0.0714 e. The van der Waals surface area contributed by atoms with E-state index in [0.29, 0.717) is 0 Å². The highest BCUT2D eigenvalue weighted by Crippen LogP contribution is 2.36. The molecule has 0 N–H and O–H groups in total. The molecule has 0 unspecified atom stereocenters. The largest absolute Gasteiger partial charge is 0.256 e. The lowest BCUT2D eigenvalue weighted by atomic mass is 9.95. The summed E-state index contributed by atoms with van der Waals surface area (Å²) >= 11 is 0. The predicted octanol–water partition coefficient (Wildman–Crippen LogP) is 6.24. The maximum atomic E-state index is 4.69. The quantitative estimate of drug-likeness (QED) is 0.308. The lowest BCUT2D eigenvalue weighted by Gasteiger charge is -2.11. The SMILES string of the molecule is c1ccc2c(c1)cnc1ccc3c(ccc4cnc5ccccc5c43)c12. The first-order valence-corrected chi connectivity index (χ1v) is 8.77. The van der Waals surface area contributed by atoms with Gasteiger partial charge in [-0.25, -0.2) is 0 Å². The van der Waals surface area contributed by atoms with Gasteiger partial charge in [-0.2, -0.15) is 0 Å². The fourth-order valence-corrected chi connectivity index (χ4v) is 4.12. The van der Waals surface area contributed by atoms with E-state index in [9.17, 15) is 0 Å². The van der Waals surface area contributed by atoms with Gasteiger partial charge in [0.1, 0.15) is 0 Å². The number of benzene rings is 4. The smallest absolute Gasteiger partial charge is 0.0714 e. The number of rotatable bonds is 0. The second kappa shape index (κ2) is 4.99. The zero-order valence-corrected chi connectivity index (χ0v) is 14.0. The highest BCUT2D eigenvalue weighted by Gasteiger charge is 2.10. The summed E-state index contributed by atoms with van der Waals surface area (Å²) in [4.78, 5) is 9.31. The van der Waals surface area contributed by atoms with Gasteiger partial charge in [-0.05, 0) is 28.3 Å². The van der Waals surface area contributed by atoms with Crippen molar-refractivity contribution in [2.75, 3.05) is 0 Å². The third-order valence-electron chi connectivity index (χ3n) is 5.30. The molecule has 0 spiro atoms. The molecule has 0 radical (unpaired) electrons. The van der Waals surface area contributed by atoms with Gasteiger partial charge < -0.3 is 0 Å². The van der Waals surface area contributed by atoms with E-state index in [-0.39, 0.29) is 0 Å². The standard InChI is InChI=1S/C24H14N2/c1-2-6-17-15(5-1)13-26-22-12-11-18-19(24(17)22)10-9-16-14-25-21-8-4-3-7-20(21)23(16)18/h1-14H. The third kappa shape index (κ3) is 1.76. The highest BCUT2D eigenvalue weighted by atomic mass is 14.7. The molecule has 0 aliphatic heterocycles. The Morgan fingerprint density at radius 3 is 2.08 bits per heavy atom. The summed E-state index contributed by atoms with van der Waals surface area (Å²) in [5.74, 6) is 0. The number of para-hydroxylation sites is 1. The molecular weight excluding hydrogens is 316 g/mol. The molecule has 0 aliphatic carbocycles. The van der Waals surface area contributed by atoms with Crippen LogP contribution in [-0.4, -0.2) is 9.97 Å². The van der Waals surface area contributed by atoms with E-state index < -0.39 is 0 Å². The van der Waals surface area contributed by atoms with Crippen molar-refractivity contribution in [2.24, 2.45) is 0 Å². The van der Waals surface area contributed by atoms with Gasteiger partial charge in [-0.1, -0.05) is 60.7 Å². The third-order valence-corrected chi connectivity index (χ3v) is 5.30. The Labute approximate surface area is 149 Å². The van der Waals surface area contributed by atoms with Crippen molar-refractivity contribution in [3.8, 4) is 0 Å². The number of nitrogens with zero attached hydrogens (tertiary/aromatic N) is 2. The molecule has 0 bridgehead atoms. The summed E-state index contributed by atoms with van der Waals surface area (Å²) in [7, 11) is 0. The van der Waals surface area contributed by atoms with Crippen LogP contribution in [0.2, 0.25) is 0 Å². The second-order valence-electron chi connectivity index (χ2n) is 6.71. The van der Waals surface area contributed by atoms with Crippen molar-refractivity contribution >= 4 is 54.1 Å². The molecule has 0 fully saturated rings. The first-order valence-electron chi connectivity index (χ1n) is 8.77. The van der Waals surface area contributed by atoms with Gasteiger partial charge in [0.2, 0.25) is 0 Å². The molecule has 6 aromatic rings. The summed E-state index contributed by atoms with van der Waals surface area (Å²) in [5, 5.41) is 9.79. The van der Waals surface area contributed by atoms with Gasteiger partial charge in [0, 0.05) is 39.3 Å². The molecular formula is C24H14N2. The Morgan fingerprint density at radius 2 is 1.12 bits per heavy atom. The van der Waals surface area contributed by atoms with Gasteiger partial charge in [-0.15, -0.1) is 0 Å². The van der Waals surface area contributed by atoms with E-state index in [0.717, 1.165) is 11.0 Å². The average Bonchev–Trinajstić information content (AvgIpc) is 2.72. The molecule has 0 saturated heterocycles. The summed E-state index contributed by atoms with van der Waals surface area (Å²) in [6.45, 7) is 0. The summed E-state index contributed by atoms with van der Waals surface area (Å²) in [6.07, 6.45) is 3.94. The molecule has 0 amide bonds. The fourth-order valence-electron chi connectivity index (χ4n) is 4.12. The topological polar surface area (TPSA) is 25.8 Å². The van der Waals surface area contributed by atoms with Gasteiger partial charge in [0.15, 0.2) is 0 Å². The Balaban J connectivity index is 1.94. The number of hydrogen-bond acceptors (Lipinski definition) is 2. The fraction of sp³-hybridized carbons (Fsp3) is 0. The maximum absolute atomic E-state index is 4.69. The highest BCUT2D eigenvalue weighted by molar-refractivity contribution is 6.27. The monoisotopic (exact) mass is 330 g/mol. The van der Waals surface area contributed by atoms with Gasteiger partial charge in [0.25, 0.3) is 0 Å². The minimum Gasteiger partial charge on any atom is -0.256 e. The van der Waals surface area contributed by atoms with Crippen LogP contribution in [0.5, 0.6) is 0 Å². The zero-order chi connectivity index (χ0) is 17.1. The zero-order valence-electron chi connectivity index (χ0n) is 14.0. The average molecular weight is 330 g/mol. The lowest BCUT2D eigenvalue weighted by molar-refractivity contribution is 1.44. The van der Waals surface area contributed by atoms with Crippen LogP contribution >= 0.6 is 0 Å². The van der Waals surface area contributed by atoms with Gasteiger partial charge >= 0.3 is 0 Å². The van der Waals surface area contributed by atoms with Crippen LogP contribution in [0.3, 0.4) is 0 Å². The van der Waals surface area contributed by atoms with Crippen molar-refractivity contribution in [3.63, 3.8) is 0 Å². The normalized spacial score (nSPS) is 11.8. The first-order chi connectivity index (χ1) is 12.9. The minimum absolute atomic E-state index is 1.03. The van der Waals surface area contributed by atoms with Crippen molar-refractivity contribution < 1.29 is 0 Å². The van der Waals surface area contributed by atoms with Crippen molar-refractivity contribution in [2.45, 2.75) is 0 Å². The van der Waals surface area contributed by atoms with Crippen LogP contribution < -0.4 is 0 Å². The van der Waals surface area contributed by atoms with E-state index in [1.165, 1.54) is 43.1 Å². The summed E-state index contributed by atoms with van der Waals surface area (Å²) in [5.41, 5.74) is 2.07. The Hall–Kier alpha value is -3.52. The molecule has 0 saturated carbocycles. The molecule has 2 heterocycles. The van der Waals surface area contributed by atoms with Crippen molar-refractivity contribution in [1.29, 1.82) is 0 Å². The molecule has 0 aliphatic rings. The molecule has 4 aromatic carbocycles. The van der Waals surface area contributed by atoms with Crippen molar-refractivity contribution in [1.82, 2.24) is 9.97 Å².